The van der Waals surface area contributed by atoms with Gasteiger partial charge in [0.2, 0.25) is 0 Å². The first kappa shape index (κ1) is 16.8. The van der Waals surface area contributed by atoms with Gasteiger partial charge in [-0.3, -0.25) is 0 Å². The molecular formula is C17H26BrNO2. The number of hydrogen-bond donors (Lipinski definition) is 1. The van der Waals surface area contributed by atoms with Crippen molar-refractivity contribution < 1.29 is 9.84 Å². The van der Waals surface area contributed by atoms with Crippen LogP contribution < -0.4 is 4.74 Å². The first-order valence-electron chi connectivity index (χ1n) is 7.83. The number of halogens is 1. The van der Waals surface area contributed by atoms with Crippen molar-refractivity contribution in [3.63, 3.8) is 0 Å². The van der Waals surface area contributed by atoms with Crippen molar-refractivity contribution in [2.75, 3.05) is 26.7 Å². The zero-order chi connectivity index (χ0) is 15.3. The molecule has 2 rings (SSSR count). The molecule has 4 heteroatoms. The molecule has 0 saturated carbocycles. The Morgan fingerprint density at radius 3 is 2.81 bits per heavy atom. The molecule has 0 radical (unpaired) electrons. The van der Waals surface area contributed by atoms with E-state index in [4.69, 9.17) is 4.74 Å². The smallest absolute Gasteiger partial charge is 0.133 e. The van der Waals surface area contributed by atoms with E-state index in [2.05, 4.69) is 39.9 Å². The molecule has 1 unspecified atom stereocenters. The summed E-state index contributed by atoms with van der Waals surface area (Å²) in [6, 6.07) is 6.07. The first-order chi connectivity index (χ1) is 10.1. The lowest BCUT2D eigenvalue weighted by Crippen LogP contribution is -2.33. The van der Waals surface area contributed by atoms with E-state index < -0.39 is 5.60 Å². The number of aliphatic hydroxyl groups is 1. The Kier molecular flexibility index (Phi) is 6.08. The maximum absolute atomic E-state index is 10.9. The Bertz CT molecular complexity index is 466. The van der Waals surface area contributed by atoms with Gasteiger partial charge in [-0.15, -0.1) is 0 Å². The molecule has 0 aromatic heterocycles. The van der Waals surface area contributed by atoms with Crippen molar-refractivity contribution in [1.29, 1.82) is 0 Å². The minimum absolute atomic E-state index is 0.573. The summed E-state index contributed by atoms with van der Waals surface area (Å²) in [5.74, 6) is 0.834. The molecule has 1 N–H and O–H groups in total. The highest BCUT2D eigenvalue weighted by molar-refractivity contribution is 9.10. The first-order valence-corrected chi connectivity index (χ1v) is 8.63. The third-order valence-corrected chi connectivity index (χ3v) is 4.92. The van der Waals surface area contributed by atoms with E-state index in [1.807, 2.05) is 6.07 Å². The van der Waals surface area contributed by atoms with E-state index in [0.717, 1.165) is 61.1 Å². The average molecular weight is 356 g/mol. The standard InChI is InChI=1S/C17H26BrNO2/c1-3-9-19-10-4-7-17(20,8-11-19)13-14-5-6-16(21-2)15(18)12-14/h5-6,12,20H,3-4,7-11,13H2,1-2H3. The Morgan fingerprint density at radius 2 is 2.14 bits per heavy atom. The number of methoxy groups -OCH3 is 1. The lowest BCUT2D eigenvalue weighted by Gasteiger charge is -2.27. The second-order valence-corrected chi connectivity index (χ2v) is 6.92. The van der Waals surface area contributed by atoms with Crippen LogP contribution in [-0.2, 0) is 6.42 Å². The predicted molar refractivity (Wildman–Crippen MR) is 89.9 cm³/mol. The van der Waals surface area contributed by atoms with Gasteiger partial charge in [0.05, 0.1) is 17.2 Å². The number of nitrogens with zero attached hydrogens (tertiary/aromatic N) is 1. The summed E-state index contributed by atoms with van der Waals surface area (Å²) < 4.78 is 6.21. The molecule has 0 amide bonds. The number of ether oxygens (including phenoxy) is 1. The largest absolute Gasteiger partial charge is 0.496 e. The van der Waals surface area contributed by atoms with E-state index >= 15 is 0 Å². The van der Waals surface area contributed by atoms with Gasteiger partial charge in [-0.25, -0.2) is 0 Å². The van der Waals surface area contributed by atoms with Crippen LogP contribution in [0.3, 0.4) is 0 Å². The van der Waals surface area contributed by atoms with Crippen molar-refractivity contribution in [3.05, 3.63) is 28.2 Å². The molecule has 1 saturated heterocycles. The van der Waals surface area contributed by atoms with Gasteiger partial charge < -0.3 is 14.7 Å². The fourth-order valence-electron chi connectivity index (χ4n) is 3.15. The number of likely N-dealkylation sites (tertiary alicyclic amines) is 1. The summed E-state index contributed by atoms with van der Waals surface area (Å²) in [5.41, 5.74) is 0.588. The summed E-state index contributed by atoms with van der Waals surface area (Å²) in [6.07, 6.45) is 4.72. The van der Waals surface area contributed by atoms with Gasteiger partial charge in [-0.1, -0.05) is 13.0 Å². The monoisotopic (exact) mass is 355 g/mol. The highest BCUT2D eigenvalue weighted by Gasteiger charge is 2.30. The molecule has 3 nitrogen and oxygen atoms in total. The zero-order valence-electron chi connectivity index (χ0n) is 13.1. The van der Waals surface area contributed by atoms with Crippen molar-refractivity contribution in [3.8, 4) is 5.75 Å². The number of rotatable bonds is 5. The van der Waals surface area contributed by atoms with Crippen molar-refractivity contribution in [2.24, 2.45) is 0 Å². The van der Waals surface area contributed by atoms with Crippen LogP contribution in [0.25, 0.3) is 0 Å². The van der Waals surface area contributed by atoms with Crippen molar-refractivity contribution >= 4 is 15.9 Å². The molecule has 118 valence electrons. The Labute approximate surface area is 136 Å². The molecule has 1 aliphatic rings. The van der Waals surface area contributed by atoms with Crippen LogP contribution in [0.5, 0.6) is 5.75 Å². The van der Waals surface area contributed by atoms with Gasteiger partial charge in [-0.05, 0) is 72.4 Å². The quantitative estimate of drug-likeness (QED) is 0.875. The van der Waals surface area contributed by atoms with Gasteiger partial charge in [0.15, 0.2) is 0 Å². The molecule has 0 spiro atoms. The van der Waals surface area contributed by atoms with Gasteiger partial charge in [-0.2, -0.15) is 0 Å². The maximum Gasteiger partial charge on any atom is 0.133 e. The SMILES string of the molecule is CCCN1CCCC(O)(Cc2ccc(OC)c(Br)c2)CC1. The summed E-state index contributed by atoms with van der Waals surface area (Å²) >= 11 is 3.52. The fraction of sp³-hybridized carbons (Fsp3) is 0.647. The van der Waals surface area contributed by atoms with Crippen molar-refractivity contribution in [1.82, 2.24) is 4.90 Å². The summed E-state index contributed by atoms with van der Waals surface area (Å²) in [7, 11) is 1.67. The second-order valence-electron chi connectivity index (χ2n) is 6.07. The van der Waals surface area contributed by atoms with E-state index in [1.54, 1.807) is 7.11 Å². The van der Waals surface area contributed by atoms with E-state index in [9.17, 15) is 5.11 Å². The number of benzene rings is 1. The maximum atomic E-state index is 10.9. The van der Waals surface area contributed by atoms with Crippen LogP contribution in [-0.4, -0.2) is 42.4 Å². The van der Waals surface area contributed by atoms with Crippen LogP contribution >= 0.6 is 15.9 Å². The average Bonchev–Trinajstić information content (AvgIpc) is 2.62. The summed E-state index contributed by atoms with van der Waals surface area (Å²) in [4.78, 5) is 2.47. The van der Waals surface area contributed by atoms with Crippen LogP contribution in [0, 0.1) is 0 Å². The molecule has 0 bridgehead atoms. The third kappa shape index (κ3) is 4.70. The minimum Gasteiger partial charge on any atom is -0.496 e. The molecule has 1 aromatic carbocycles. The van der Waals surface area contributed by atoms with Crippen LogP contribution in [0.2, 0.25) is 0 Å². The number of hydrogen-bond acceptors (Lipinski definition) is 3. The normalized spacial score (nSPS) is 23.8. The molecule has 0 aliphatic carbocycles. The van der Waals surface area contributed by atoms with Gasteiger partial charge >= 0.3 is 0 Å². The highest BCUT2D eigenvalue weighted by Crippen LogP contribution is 2.30. The lowest BCUT2D eigenvalue weighted by molar-refractivity contribution is 0.0257. The van der Waals surface area contributed by atoms with Crippen LogP contribution in [0.1, 0.15) is 38.2 Å². The van der Waals surface area contributed by atoms with Crippen molar-refractivity contribution in [2.45, 2.75) is 44.6 Å². The topological polar surface area (TPSA) is 32.7 Å². The molecule has 21 heavy (non-hydrogen) atoms. The van der Waals surface area contributed by atoms with Crippen LogP contribution in [0.4, 0.5) is 0 Å². The minimum atomic E-state index is -0.573. The second kappa shape index (κ2) is 7.61. The van der Waals surface area contributed by atoms with E-state index in [0.29, 0.717) is 0 Å². The van der Waals surface area contributed by atoms with Crippen LogP contribution in [0.15, 0.2) is 22.7 Å². The van der Waals surface area contributed by atoms with Gasteiger partial charge in [0.1, 0.15) is 5.75 Å². The zero-order valence-corrected chi connectivity index (χ0v) is 14.7. The predicted octanol–water partition coefficient (Wildman–Crippen LogP) is 3.63. The third-order valence-electron chi connectivity index (χ3n) is 4.30. The molecule has 1 fully saturated rings. The molecule has 1 atom stereocenters. The molecule has 1 heterocycles. The molecule has 1 aromatic rings. The molecule has 1 aliphatic heterocycles. The van der Waals surface area contributed by atoms with Gasteiger partial charge in [0, 0.05) is 13.0 Å². The van der Waals surface area contributed by atoms with E-state index in [1.165, 1.54) is 6.42 Å². The summed E-state index contributed by atoms with van der Waals surface area (Å²) in [5, 5.41) is 10.9. The Balaban J connectivity index is 2.02. The van der Waals surface area contributed by atoms with E-state index in [-0.39, 0.29) is 0 Å². The Morgan fingerprint density at radius 1 is 1.33 bits per heavy atom. The molecular weight excluding hydrogens is 330 g/mol. The lowest BCUT2D eigenvalue weighted by atomic mass is 9.88. The highest BCUT2D eigenvalue weighted by atomic mass is 79.9. The fourth-order valence-corrected chi connectivity index (χ4v) is 3.74. The summed E-state index contributed by atoms with van der Waals surface area (Å²) in [6.45, 7) is 5.47. The Hall–Kier alpha value is -0.580. The van der Waals surface area contributed by atoms with Gasteiger partial charge in [0.25, 0.3) is 0 Å².